The van der Waals surface area contributed by atoms with Gasteiger partial charge in [-0.25, -0.2) is 4.68 Å². The van der Waals surface area contributed by atoms with Gasteiger partial charge in [-0.05, 0) is 52.7 Å². The second kappa shape index (κ2) is 4.99. The Morgan fingerprint density at radius 2 is 2.32 bits per heavy atom. The number of nitrogens with two attached hydrogens (primary N) is 1. The molecule has 0 aliphatic heterocycles. The molecule has 1 aromatic heterocycles. The SMILES string of the molecule is N#Cc1cc(CN)ccc1Sc1nnnn1C1CC1. The Labute approximate surface area is 114 Å². The molecule has 0 bridgehead atoms. The molecule has 0 spiro atoms. The first-order chi connectivity index (χ1) is 9.31. The van der Waals surface area contributed by atoms with Gasteiger partial charge in [0.15, 0.2) is 0 Å². The van der Waals surface area contributed by atoms with E-state index in [1.807, 2.05) is 22.9 Å². The summed E-state index contributed by atoms with van der Waals surface area (Å²) in [6.45, 7) is 0.430. The fraction of sp³-hybridized carbons (Fsp3) is 0.333. The van der Waals surface area contributed by atoms with Crippen LogP contribution in [0.3, 0.4) is 0 Å². The molecule has 0 radical (unpaired) electrons. The van der Waals surface area contributed by atoms with Crippen LogP contribution in [-0.2, 0) is 6.54 Å². The van der Waals surface area contributed by atoms with Gasteiger partial charge in [-0.1, -0.05) is 6.07 Å². The van der Waals surface area contributed by atoms with Crippen LogP contribution in [-0.4, -0.2) is 20.2 Å². The molecule has 0 amide bonds. The molecule has 1 aliphatic carbocycles. The number of rotatable bonds is 4. The van der Waals surface area contributed by atoms with E-state index in [2.05, 4.69) is 21.6 Å². The smallest absolute Gasteiger partial charge is 0.214 e. The normalized spacial score (nSPS) is 14.3. The van der Waals surface area contributed by atoms with Crippen molar-refractivity contribution in [3.63, 3.8) is 0 Å². The number of hydrogen-bond acceptors (Lipinski definition) is 6. The lowest BCUT2D eigenvalue weighted by Crippen LogP contribution is -2.00. The van der Waals surface area contributed by atoms with Gasteiger partial charge in [0.2, 0.25) is 5.16 Å². The third-order valence-electron chi connectivity index (χ3n) is 2.96. The van der Waals surface area contributed by atoms with Crippen LogP contribution in [0, 0.1) is 11.3 Å². The van der Waals surface area contributed by atoms with Crippen LogP contribution in [0.15, 0.2) is 28.3 Å². The van der Waals surface area contributed by atoms with Gasteiger partial charge in [-0.3, -0.25) is 0 Å². The Morgan fingerprint density at radius 1 is 1.47 bits per heavy atom. The van der Waals surface area contributed by atoms with Gasteiger partial charge < -0.3 is 5.73 Å². The van der Waals surface area contributed by atoms with Gasteiger partial charge in [-0.15, -0.1) is 5.10 Å². The summed E-state index contributed by atoms with van der Waals surface area (Å²) in [6.07, 6.45) is 2.24. The van der Waals surface area contributed by atoms with E-state index < -0.39 is 0 Å². The molecule has 19 heavy (non-hydrogen) atoms. The lowest BCUT2D eigenvalue weighted by molar-refractivity contribution is 0.565. The van der Waals surface area contributed by atoms with Crippen molar-refractivity contribution >= 4 is 11.8 Å². The Balaban J connectivity index is 1.90. The molecule has 3 rings (SSSR count). The highest BCUT2D eigenvalue weighted by Gasteiger charge is 2.28. The third-order valence-corrected chi connectivity index (χ3v) is 3.98. The molecule has 2 aromatic rings. The zero-order chi connectivity index (χ0) is 13.2. The maximum Gasteiger partial charge on any atom is 0.214 e. The van der Waals surface area contributed by atoms with Crippen molar-refractivity contribution in [2.75, 3.05) is 0 Å². The maximum absolute atomic E-state index is 9.20. The second-order valence-electron chi connectivity index (χ2n) is 4.39. The minimum absolute atomic E-state index is 0.423. The van der Waals surface area contributed by atoms with E-state index in [9.17, 15) is 5.26 Å². The molecule has 96 valence electrons. The Bertz CT molecular complexity index is 640. The average molecular weight is 272 g/mol. The number of hydrogen-bond donors (Lipinski definition) is 1. The molecule has 0 saturated heterocycles. The fourth-order valence-corrected chi connectivity index (χ4v) is 2.68. The van der Waals surface area contributed by atoms with Crippen molar-refractivity contribution in [1.29, 1.82) is 5.26 Å². The minimum atomic E-state index is 0.423. The van der Waals surface area contributed by atoms with Crippen LogP contribution in [0.2, 0.25) is 0 Å². The standard InChI is InChI=1S/C12H12N6S/c13-6-8-1-4-11(9(5-8)7-14)19-12-15-16-17-18(12)10-2-3-10/h1,4-5,10H,2-3,6,13H2. The first kappa shape index (κ1) is 12.1. The van der Waals surface area contributed by atoms with Crippen molar-refractivity contribution in [1.82, 2.24) is 20.2 Å². The molecule has 1 fully saturated rings. The summed E-state index contributed by atoms with van der Waals surface area (Å²) < 4.78 is 1.84. The number of nitriles is 1. The zero-order valence-electron chi connectivity index (χ0n) is 10.2. The van der Waals surface area contributed by atoms with Gasteiger partial charge in [0.1, 0.15) is 6.07 Å². The topological polar surface area (TPSA) is 93.4 Å². The van der Waals surface area contributed by atoms with Gasteiger partial charge in [0, 0.05) is 11.4 Å². The Hall–Kier alpha value is -1.91. The largest absolute Gasteiger partial charge is 0.326 e. The van der Waals surface area contributed by atoms with E-state index in [4.69, 9.17) is 5.73 Å². The first-order valence-electron chi connectivity index (χ1n) is 6.00. The monoisotopic (exact) mass is 272 g/mol. The predicted octanol–water partition coefficient (Wildman–Crippen LogP) is 1.49. The molecule has 6 nitrogen and oxygen atoms in total. The van der Waals surface area contributed by atoms with E-state index in [1.165, 1.54) is 11.8 Å². The summed E-state index contributed by atoms with van der Waals surface area (Å²) in [5.41, 5.74) is 7.14. The molecular formula is C12H12N6S. The number of tetrazole rings is 1. The van der Waals surface area contributed by atoms with Crippen LogP contribution in [0.4, 0.5) is 0 Å². The summed E-state index contributed by atoms with van der Waals surface area (Å²) in [6, 6.07) is 8.25. The highest BCUT2D eigenvalue weighted by Crippen LogP contribution is 2.38. The molecule has 0 unspecified atom stereocenters. The predicted molar refractivity (Wildman–Crippen MR) is 69.3 cm³/mol. The zero-order valence-corrected chi connectivity index (χ0v) is 11.0. The van der Waals surface area contributed by atoms with Gasteiger partial charge in [-0.2, -0.15) is 5.26 Å². The van der Waals surface area contributed by atoms with E-state index in [0.717, 1.165) is 28.5 Å². The lowest BCUT2D eigenvalue weighted by atomic mass is 10.1. The van der Waals surface area contributed by atoms with Crippen LogP contribution in [0.25, 0.3) is 0 Å². The lowest BCUT2D eigenvalue weighted by Gasteiger charge is -2.05. The van der Waals surface area contributed by atoms with Crippen LogP contribution in [0.5, 0.6) is 0 Å². The van der Waals surface area contributed by atoms with E-state index >= 15 is 0 Å². The summed E-state index contributed by atoms with van der Waals surface area (Å²) in [7, 11) is 0. The van der Waals surface area contributed by atoms with Crippen molar-refractivity contribution in [3.05, 3.63) is 29.3 Å². The summed E-state index contributed by atoms with van der Waals surface area (Å²) >= 11 is 1.42. The summed E-state index contributed by atoms with van der Waals surface area (Å²) in [4.78, 5) is 0.858. The Kier molecular flexibility index (Phi) is 3.19. The highest BCUT2D eigenvalue weighted by atomic mass is 32.2. The molecule has 0 atom stereocenters. The van der Waals surface area contributed by atoms with E-state index in [0.29, 0.717) is 18.2 Å². The maximum atomic E-state index is 9.20. The molecule has 1 heterocycles. The summed E-state index contributed by atoms with van der Waals surface area (Å²) in [5.74, 6) is 0. The van der Waals surface area contributed by atoms with Crippen LogP contribution in [0.1, 0.15) is 30.0 Å². The minimum Gasteiger partial charge on any atom is -0.326 e. The molecule has 1 aliphatic rings. The molecule has 1 saturated carbocycles. The quantitative estimate of drug-likeness (QED) is 0.906. The van der Waals surface area contributed by atoms with Crippen molar-refractivity contribution in [3.8, 4) is 6.07 Å². The third kappa shape index (κ3) is 2.45. The summed E-state index contributed by atoms with van der Waals surface area (Å²) in [5, 5.41) is 21.7. The number of aromatic nitrogens is 4. The van der Waals surface area contributed by atoms with E-state index in [-0.39, 0.29) is 0 Å². The number of nitrogens with zero attached hydrogens (tertiary/aromatic N) is 5. The van der Waals surface area contributed by atoms with Crippen molar-refractivity contribution in [2.24, 2.45) is 5.73 Å². The number of benzene rings is 1. The highest BCUT2D eigenvalue weighted by molar-refractivity contribution is 7.99. The van der Waals surface area contributed by atoms with Gasteiger partial charge in [0.05, 0.1) is 11.6 Å². The second-order valence-corrected chi connectivity index (χ2v) is 5.39. The molecule has 2 N–H and O–H groups in total. The van der Waals surface area contributed by atoms with Crippen LogP contribution < -0.4 is 5.73 Å². The molecule has 7 heteroatoms. The fourth-order valence-electron chi connectivity index (χ4n) is 1.78. The van der Waals surface area contributed by atoms with Gasteiger partial charge in [0.25, 0.3) is 0 Å². The Morgan fingerprint density at radius 3 is 3.00 bits per heavy atom. The van der Waals surface area contributed by atoms with Crippen LogP contribution >= 0.6 is 11.8 Å². The van der Waals surface area contributed by atoms with Crippen molar-refractivity contribution in [2.45, 2.75) is 35.5 Å². The molecule has 1 aromatic carbocycles. The first-order valence-corrected chi connectivity index (χ1v) is 6.82. The van der Waals surface area contributed by atoms with E-state index in [1.54, 1.807) is 0 Å². The molecular weight excluding hydrogens is 260 g/mol. The van der Waals surface area contributed by atoms with Gasteiger partial charge >= 0.3 is 0 Å². The van der Waals surface area contributed by atoms with Crippen molar-refractivity contribution < 1.29 is 0 Å². The average Bonchev–Trinajstić information content (AvgIpc) is 3.19.